The van der Waals surface area contributed by atoms with Gasteiger partial charge in [-0.15, -0.1) is 6.58 Å². The Bertz CT molecular complexity index is 326. The van der Waals surface area contributed by atoms with Gasteiger partial charge in [-0.25, -0.2) is 0 Å². The molecule has 0 aliphatic rings. The average Bonchev–Trinajstić information content (AvgIpc) is 2.17. The summed E-state index contributed by atoms with van der Waals surface area (Å²) in [5.74, 6) is 1.16. The van der Waals surface area contributed by atoms with Crippen molar-refractivity contribution >= 4 is 22.0 Å². The molecule has 1 rings (SSSR count). The van der Waals surface area contributed by atoms with Crippen molar-refractivity contribution in [3.8, 4) is 0 Å². The molecule has 0 nitrogen and oxygen atoms in total. The van der Waals surface area contributed by atoms with Gasteiger partial charge in [0.2, 0.25) is 0 Å². The van der Waals surface area contributed by atoms with Gasteiger partial charge in [-0.05, 0) is 27.1 Å². The molecule has 13 heavy (non-hydrogen) atoms. The third kappa shape index (κ3) is 2.10. The number of benzene rings is 1. The summed E-state index contributed by atoms with van der Waals surface area (Å²) in [6.45, 7) is 9.54. The van der Waals surface area contributed by atoms with Crippen molar-refractivity contribution in [1.29, 1.82) is 0 Å². The zero-order valence-electron chi connectivity index (χ0n) is 7.68. The lowest BCUT2D eigenvalue weighted by molar-refractivity contribution is 1.24. The van der Waals surface area contributed by atoms with Crippen LogP contribution >= 0.6 is 15.9 Å². The van der Waals surface area contributed by atoms with Crippen LogP contribution in [0.2, 0.25) is 0 Å². The molecule has 1 radical (unpaired) electrons. The van der Waals surface area contributed by atoms with Crippen LogP contribution < -0.4 is 0 Å². The van der Waals surface area contributed by atoms with E-state index in [1.807, 2.05) is 31.2 Å². The number of halogens is 1. The molecule has 0 heterocycles. The maximum absolute atomic E-state index is 3.75. The first-order chi connectivity index (χ1) is 6.20. The van der Waals surface area contributed by atoms with Crippen LogP contribution in [0.5, 0.6) is 0 Å². The van der Waals surface area contributed by atoms with Crippen molar-refractivity contribution in [2.75, 3.05) is 0 Å². The Hall–Kier alpha value is -0.820. The molecule has 0 N–H and O–H groups in total. The number of rotatable bonds is 3. The monoisotopic (exact) mass is 235 g/mol. The largest absolute Gasteiger partial charge is 0.102 e. The second-order valence-corrected chi connectivity index (χ2v) is 3.59. The fourth-order valence-electron chi connectivity index (χ4n) is 1.12. The lowest BCUT2D eigenvalue weighted by atomic mass is 9.99. The highest BCUT2D eigenvalue weighted by Crippen LogP contribution is 2.28. The summed E-state index contributed by atoms with van der Waals surface area (Å²) < 4.78 is 1.09. The van der Waals surface area contributed by atoms with Gasteiger partial charge >= 0.3 is 0 Å². The standard InChI is InChI=1S/C12H12Br/c1-4-9(3)11-8-6-7-10(5-2)12(11)13/h4-8H,1-2H2,3H3. The van der Waals surface area contributed by atoms with Crippen molar-refractivity contribution in [2.45, 2.75) is 6.92 Å². The van der Waals surface area contributed by atoms with E-state index in [0.717, 1.165) is 16.0 Å². The molecule has 0 aliphatic carbocycles. The first kappa shape index (κ1) is 10.3. The molecule has 0 fully saturated rings. The van der Waals surface area contributed by atoms with Gasteiger partial charge in [0.15, 0.2) is 0 Å². The Labute approximate surface area is 88.1 Å². The third-order valence-corrected chi connectivity index (χ3v) is 2.86. The molecule has 0 spiro atoms. The van der Waals surface area contributed by atoms with E-state index in [9.17, 15) is 0 Å². The minimum Gasteiger partial charge on any atom is -0.102 e. The van der Waals surface area contributed by atoms with E-state index in [2.05, 4.69) is 35.2 Å². The van der Waals surface area contributed by atoms with E-state index in [0.29, 0.717) is 0 Å². The quantitative estimate of drug-likeness (QED) is 0.737. The SMILES string of the molecule is C=C[C](C)c1cccc(C=C)c1Br. The van der Waals surface area contributed by atoms with Crippen molar-refractivity contribution in [1.82, 2.24) is 0 Å². The minimum absolute atomic E-state index is 1.09. The van der Waals surface area contributed by atoms with Crippen LogP contribution in [0, 0.1) is 5.92 Å². The van der Waals surface area contributed by atoms with Gasteiger partial charge in [0, 0.05) is 10.4 Å². The van der Waals surface area contributed by atoms with Crippen molar-refractivity contribution in [3.63, 3.8) is 0 Å². The zero-order chi connectivity index (χ0) is 9.84. The van der Waals surface area contributed by atoms with Gasteiger partial charge in [0.05, 0.1) is 0 Å². The maximum atomic E-state index is 3.75. The molecule has 1 heteroatoms. The van der Waals surface area contributed by atoms with Gasteiger partial charge in [-0.2, -0.15) is 0 Å². The Morgan fingerprint density at radius 2 is 2.08 bits per heavy atom. The molecule has 0 aromatic heterocycles. The normalized spacial score (nSPS) is 10.1. The third-order valence-electron chi connectivity index (χ3n) is 1.98. The van der Waals surface area contributed by atoms with E-state index < -0.39 is 0 Å². The summed E-state index contributed by atoms with van der Waals surface area (Å²) in [5.41, 5.74) is 2.28. The second kappa shape index (κ2) is 4.43. The summed E-state index contributed by atoms with van der Waals surface area (Å²) in [6.07, 6.45) is 3.69. The Balaban J connectivity index is 3.22. The second-order valence-electron chi connectivity index (χ2n) is 2.80. The molecule has 0 saturated carbocycles. The van der Waals surface area contributed by atoms with Gasteiger partial charge < -0.3 is 0 Å². The van der Waals surface area contributed by atoms with Gasteiger partial charge in [-0.1, -0.05) is 43.9 Å². The van der Waals surface area contributed by atoms with Crippen LogP contribution in [0.3, 0.4) is 0 Å². The summed E-state index contributed by atoms with van der Waals surface area (Å²) >= 11 is 3.54. The van der Waals surface area contributed by atoms with E-state index in [1.54, 1.807) is 0 Å². The fourth-order valence-corrected chi connectivity index (χ4v) is 1.86. The highest BCUT2D eigenvalue weighted by atomic mass is 79.9. The molecule has 0 aliphatic heterocycles. The molecule has 0 atom stereocenters. The van der Waals surface area contributed by atoms with Crippen LogP contribution in [0.15, 0.2) is 41.9 Å². The Kier molecular flexibility index (Phi) is 3.49. The Morgan fingerprint density at radius 1 is 1.38 bits per heavy atom. The van der Waals surface area contributed by atoms with Crippen molar-refractivity contribution < 1.29 is 0 Å². The highest BCUT2D eigenvalue weighted by Gasteiger charge is 2.07. The number of hydrogen-bond acceptors (Lipinski definition) is 0. The smallest absolute Gasteiger partial charge is 0.0288 e. The minimum atomic E-state index is 1.09. The highest BCUT2D eigenvalue weighted by molar-refractivity contribution is 9.10. The molecule has 0 amide bonds. The predicted octanol–water partition coefficient (Wildman–Crippen LogP) is 4.22. The molecule has 1 aromatic carbocycles. The maximum Gasteiger partial charge on any atom is 0.0288 e. The van der Waals surface area contributed by atoms with Gasteiger partial charge in [0.1, 0.15) is 0 Å². The molecule has 0 bridgehead atoms. The van der Waals surface area contributed by atoms with E-state index in [1.165, 1.54) is 5.56 Å². The predicted molar refractivity (Wildman–Crippen MR) is 62.4 cm³/mol. The lowest BCUT2D eigenvalue weighted by Crippen LogP contribution is -1.92. The summed E-state index contributed by atoms with van der Waals surface area (Å²) in [5, 5.41) is 0. The van der Waals surface area contributed by atoms with Gasteiger partial charge in [0.25, 0.3) is 0 Å². The van der Waals surface area contributed by atoms with Crippen LogP contribution in [0.1, 0.15) is 18.1 Å². The number of hydrogen-bond donors (Lipinski definition) is 0. The average molecular weight is 236 g/mol. The van der Waals surface area contributed by atoms with Crippen LogP contribution in [-0.2, 0) is 0 Å². The van der Waals surface area contributed by atoms with Crippen LogP contribution in [0.4, 0.5) is 0 Å². The van der Waals surface area contributed by atoms with E-state index >= 15 is 0 Å². The topological polar surface area (TPSA) is 0 Å². The summed E-state index contributed by atoms with van der Waals surface area (Å²) in [6, 6.07) is 6.11. The van der Waals surface area contributed by atoms with Crippen molar-refractivity contribution in [2.24, 2.45) is 0 Å². The summed E-state index contributed by atoms with van der Waals surface area (Å²) in [4.78, 5) is 0. The number of allylic oxidation sites excluding steroid dienone is 1. The van der Waals surface area contributed by atoms with Gasteiger partial charge in [-0.3, -0.25) is 0 Å². The molecule has 67 valence electrons. The van der Waals surface area contributed by atoms with Crippen LogP contribution in [0.25, 0.3) is 6.08 Å². The van der Waals surface area contributed by atoms with Crippen LogP contribution in [-0.4, -0.2) is 0 Å². The first-order valence-corrected chi connectivity index (χ1v) is 4.87. The first-order valence-electron chi connectivity index (χ1n) is 4.08. The van der Waals surface area contributed by atoms with Crippen molar-refractivity contribution in [3.05, 3.63) is 59.0 Å². The fraction of sp³-hybridized carbons (Fsp3) is 0.0833. The molecular formula is C12H12Br. The molecule has 0 unspecified atom stereocenters. The summed E-state index contributed by atoms with van der Waals surface area (Å²) in [7, 11) is 0. The molecule has 0 saturated heterocycles. The van der Waals surface area contributed by atoms with E-state index in [-0.39, 0.29) is 0 Å². The zero-order valence-corrected chi connectivity index (χ0v) is 9.26. The lowest BCUT2D eigenvalue weighted by Gasteiger charge is -2.10. The Morgan fingerprint density at radius 3 is 2.62 bits per heavy atom. The molecular weight excluding hydrogens is 224 g/mol. The molecule has 1 aromatic rings. The van der Waals surface area contributed by atoms with E-state index in [4.69, 9.17) is 0 Å².